The molecule has 0 aliphatic rings. The third-order valence-electron chi connectivity index (χ3n) is 7.22. The van der Waals surface area contributed by atoms with Gasteiger partial charge in [0.05, 0.1) is 44.3 Å². The topological polar surface area (TPSA) is 146 Å². The molecule has 3 aromatic rings. The second-order valence-corrected chi connectivity index (χ2v) is 10.8. The Morgan fingerprint density at radius 1 is 1.00 bits per heavy atom. The van der Waals surface area contributed by atoms with Crippen LogP contribution in [-0.2, 0) is 22.4 Å². The number of aromatic nitrogens is 1. The van der Waals surface area contributed by atoms with Crippen LogP contribution in [0.4, 0.5) is 13.2 Å². The van der Waals surface area contributed by atoms with Crippen molar-refractivity contribution in [2.75, 3.05) is 39.8 Å². The van der Waals surface area contributed by atoms with E-state index in [4.69, 9.17) is 17.2 Å². The molecule has 228 valence electrons. The number of carbonyl (C=O) groups is 2. The van der Waals surface area contributed by atoms with Crippen molar-refractivity contribution in [3.05, 3.63) is 71.9 Å². The highest BCUT2D eigenvalue weighted by Crippen LogP contribution is 2.23. The van der Waals surface area contributed by atoms with Gasteiger partial charge in [-0.15, -0.1) is 13.2 Å². The standard InChI is InChI=1S/C30H39F3N6O3/c1-39(15-12-34,16-13-35)14-4-6-25(36)29(41)38-27(18-21-8-10-24(11-9-21)42-30(31,32)33)28(40)19-22-17-23-5-2-3-7-26(23)37-20-22/h2-3,5,7-11,17,20,25,27H,4,6,12-16,18-19,34-36H2,1H3/p+1/t25-,27-/m0/s1. The molecule has 12 heteroatoms. The van der Waals surface area contributed by atoms with E-state index in [0.29, 0.717) is 41.5 Å². The first-order valence-electron chi connectivity index (χ1n) is 13.9. The number of nitrogens with two attached hydrogens (primary N) is 3. The number of carbonyl (C=O) groups excluding carboxylic acids is 2. The minimum absolute atomic E-state index is 0.00129. The van der Waals surface area contributed by atoms with Crippen molar-refractivity contribution in [1.82, 2.24) is 10.3 Å². The number of quaternary nitrogens is 1. The zero-order valence-electron chi connectivity index (χ0n) is 23.8. The van der Waals surface area contributed by atoms with E-state index in [1.165, 1.54) is 24.3 Å². The van der Waals surface area contributed by atoms with Gasteiger partial charge in [-0.1, -0.05) is 30.3 Å². The molecule has 7 N–H and O–H groups in total. The number of fused-ring (bicyclic) bond motifs is 1. The summed E-state index contributed by atoms with van der Waals surface area (Å²) in [6.45, 7) is 3.29. The highest BCUT2D eigenvalue weighted by molar-refractivity contribution is 5.92. The van der Waals surface area contributed by atoms with Gasteiger partial charge in [0, 0.05) is 31.1 Å². The third-order valence-corrected chi connectivity index (χ3v) is 7.22. The molecular weight excluding hydrogens is 549 g/mol. The van der Waals surface area contributed by atoms with E-state index in [2.05, 4.69) is 22.1 Å². The lowest BCUT2D eigenvalue weighted by Crippen LogP contribution is -2.52. The van der Waals surface area contributed by atoms with Gasteiger partial charge in [-0.2, -0.15) is 0 Å². The molecule has 2 aromatic carbocycles. The molecule has 0 radical (unpaired) electrons. The molecule has 3 rings (SSSR count). The van der Waals surface area contributed by atoms with E-state index in [0.717, 1.165) is 30.5 Å². The summed E-state index contributed by atoms with van der Waals surface area (Å²) in [7, 11) is 2.06. The molecule has 0 aliphatic heterocycles. The quantitative estimate of drug-likeness (QED) is 0.188. The summed E-state index contributed by atoms with van der Waals surface area (Å²) in [5.41, 5.74) is 19.7. The second-order valence-electron chi connectivity index (χ2n) is 10.8. The Kier molecular flexibility index (Phi) is 11.8. The number of Topliss-reactive ketones (excluding diaryl/α,β-unsaturated/α-hetero) is 1. The summed E-state index contributed by atoms with van der Waals surface area (Å²) in [4.78, 5) is 31.0. The van der Waals surface area contributed by atoms with Crippen LogP contribution in [0.1, 0.15) is 24.0 Å². The van der Waals surface area contributed by atoms with Crippen LogP contribution in [0.15, 0.2) is 60.8 Å². The van der Waals surface area contributed by atoms with Gasteiger partial charge in [-0.3, -0.25) is 14.6 Å². The van der Waals surface area contributed by atoms with E-state index in [1.807, 2.05) is 30.3 Å². The lowest BCUT2D eigenvalue weighted by Gasteiger charge is -2.34. The van der Waals surface area contributed by atoms with Crippen LogP contribution in [-0.4, -0.2) is 79.4 Å². The lowest BCUT2D eigenvalue weighted by molar-refractivity contribution is -0.907. The van der Waals surface area contributed by atoms with Gasteiger partial charge in [0.2, 0.25) is 5.91 Å². The summed E-state index contributed by atoms with van der Waals surface area (Å²) in [5, 5.41) is 3.66. The average molecular weight is 590 g/mol. The van der Waals surface area contributed by atoms with E-state index < -0.39 is 24.4 Å². The van der Waals surface area contributed by atoms with Crippen LogP contribution < -0.4 is 27.3 Å². The Labute approximate surface area is 243 Å². The molecule has 0 spiro atoms. The maximum absolute atomic E-state index is 13.5. The van der Waals surface area contributed by atoms with E-state index >= 15 is 0 Å². The summed E-state index contributed by atoms with van der Waals surface area (Å²) < 4.78 is 42.3. The largest absolute Gasteiger partial charge is 0.573 e. The molecule has 9 nitrogen and oxygen atoms in total. The number of nitrogens with zero attached hydrogens (tertiary/aromatic N) is 2. The number of ether oxygens (including phenoxy) is 1. The van der Waals surface area contributed by atoms with E-state index in [1.54, 1.807) is 6.20 Å². The number of rotatable bonds is 16. The van der Waals surface area contributed by atoms with Crippen LogP contribution in [0.3, 0.4) is 0 Å². The van der Waals surface area contributed by atoms with E-state index in [-0.39, 0.29) is 24.4 Å². The van der Waals surface area contributed by atoms with Gasteiger partial charge in [-0.25, -0.2) is 0 Å². The Morgan fingerprint density at radius 3 is 2.31 bits per heavy atom. The molecular formula is C30H40F3N6O3+. The van der Waals surface area contributed by atoms with Crippen LogP contribution in [0.5, 0.6) is 5.75 Å². The van der Waals surface area contributed by atoms with Crippen LogP contribution in [0, 0.1) is 0 Å². The number of benzene rings is 2. The van der Waals surface area contributed by atoms with Crippen molar-refractivity contribution < 1.29 is 32.0 Å². The van der Waals surface area contributed by atoms with E-state index in [9.17, 15) is 22.8 Å². The average Bonchev–Trinajstić information content (AvgIpc) is 2.93. The first-order chi connectivity index (χ1) is 19.9. The minimum atomic E-state index is -4.82. The second kappa shape index (κ2) is 15.1. The first kappa shape index (κ1) is 32.9. The Hall–Kier alpha value is -3.58. The van der Waals surface area contributed by atoms with Crippen molar-refractivity contribution in [1.29, 1.82) is 0 Å². The number of nitrogens with one attached hydrogen (secondary N) is 1. The minimum Gasteiger partial charge on any atom is -0.406 e. The predicted molar refractivity (Wildman–Crippen MR) is 155 cm³/mol. The van der Waals surface area contributed by atoms with Gasteiger partial charge >= 0.3 is 6.36 Å². The molecule has 1 aromatic heterocycles. The zero-order valence-corrected chi connectivity index (χ0v) is 23.8. The molecule has 1 amide bonds. The molecule has 1 heterocycles. The van der Waals surface area contributed by atoms with Crippen molar-refractivity contribution in [3.8, 4) is 5.75 Å². The number of hydrogen-bond acceptors (Lipinski definition) is 7. The van der Waals surface area contributed by atoms with Gasteiger partial charge in [0.1, 0.15) is 5.75 Å². The zero-order chi connectivity index (χ0) is 30.8. The monoisotopic (exact) mass is 589 g/mol. The smallest absolute Gasteiger partial charge is 0.406 e. The van der Waals surface area contributed by atoms with Crippen LogP contribution in [0.25, 0.3) is 10.9 Å². The third kappa shape index (κ3) is 10.4. The number of pyridine rings is 1. The fourth-order valence-electron chi connectivity index (χ4n) is 4.91. The highest BCUT2D eigenvalue weighted by Gasteiger charge is 2.31. The number of hydrogen-bond donors (Lipinski definition) is 4. The first-order valence-corrected chi connectivity index (χ1v) is 13.9. The maximum Gasteiger partial charge on any atom is 0.573 e. The van der Waals surface area contributed by atoms with Gasteiger partial charge in [0.15, 0.2) is 5.78 Å². The van der Waals surface area contributed by atoms with Gasteiger partial charge < -0.3 is 31.7 Å². The number of alkyl halides is 3. The normalized spacial score (nSPS) is 13.5. The van der Waals surface area contributed by atoms with Gasteiger partial charge in [0.25, 0.3) is 0 Å². The van der Waals surface area contributed by atoms with Crippen molar-refractivity contribution >= 4 is 22.6 Å². The molecule has 0 bridgehead atoms. The van der Waals surface area contributed by atoms with Gasteiger partial charge in [-0.05, 0) is 54.7 Å². The molecule has 0 saturated heterocycles. The summed E-state index contributed by atoms with van der Waals surface area (Å²) in [6, 6.07) is 12.8. The van der Waals surface area contributed by atoms with Crippen LogP contribution >= 0.6 is 0 Å². The molecule has 0 aliphatic carbocycles. The molecule has 0 saturated carbocycles. The fourth-order valence-corrected chi connectivity index (χ4v) is 4.91. The molecule has 0 fully saturated rings. The fraction of sp³-hybridized carbons (Fsp3) is 0.433. The number of ketones is 1. The highest BCUT2D eigenvalue weighted by atomic mass is 19.4. The lowest BCUT2D eigenvalue weighted by atomic mass is 9.97. The molecule has 2 atom stereocenters. The number of likely N-dealkylation sites (N-methyl/N-ethyl adjacent to an activating group) is 1. The van der Waals surface area contributed by atoms with Crippen molar-refractivity contribution in [3.63, 3.8) is 0 Å². The number of amides is 1. The maximum atomic E-state index is 13.5. The predicted octanol–water partition coefficient (Wildman–Crippen LogP) is 2.44. The molecule has 42 heavy (non-hydrogen) atoms. The SMILES string of the molecule is C[N+](CCN)(CCN)CCC[C@H](N)C(=O)N[C@@H](Cc1ccc(OC(F)(F)F)cc1)C(=O)Cc1cnc2ccccc2c1. The summed E-state index contributed by atoms with van der Waals surface area (Å²) >= 11 is 0. The Morgan fingerprint density at radius 2 is 1.67 bits per heavy atom. The Balaban J connectivity index is 1.71. The summed E-state index contributed by atoms with van der Waals surface area (Å²) in [5.74, 6) is -1.13. The summed E-state index contributed by atoms with van der Waals surface area (Å²) in [6.07, 6.45) is -2.08. The number of para-hydroxylation sites is 1. The van der Waals surface area contributed by atoms with Crippen molar-refractivity contribution in [2.45, 2.75) is 44.1 Å². The Bertz CT molecular complexity index is 1310. The van der Waals surface area contributed by atoms with Crippen LogP contribution in [0.2, 0.25) is 0 Å². The molecule has 0 unspecified atom stereocenters. The number of halogens is 3. The van der Waals surface area contributed by atoms with Crippen molar-refractivity contribution in [2.24, 2.45) is 17.2 Å².